The van der Waals surface area contributed by atoms with Gasteiger partial charge in [-0.25, -0.2) is 0 Å². The van der Waals surface area contributed by atoms with Crippen LogP contribution < -0.4 is 10.3 Å². The average molecular weight is 361 g/mol. The first-order valence-corrected chi connectivity index (χ1v) is 8.46. The van der Waals surface area contributed by atoms with Gasteiger partial charge < -0.3 is 19.8 Å². The second-order valence-corrected chi connectivity index (χ2v) is 6.26. The van der Waals surface area contributed by atoms with Gasteiger partial charge in [0, 0.05) is 23.9 Å². The molecule has 0 bridgehead atoms. The van der Waals surface area contributed by atoms with Gasteiger partial charge in [0.2, 0.25) is 0 Å². The summed E-state index contributed by atoms with van der Waals surface area (Å²) in [5, 5.41) is 9.51. The van der Waals surface area contributed by atoms with Gasteiger partial charge in [-0.3, -0.25) is 14.2 Å². The largest absolute Gasteiger partial charge is 0.497 e. The minimum absolute atomic E-state index is 0.143. The molecule has 8 heteroatoms. The summed E-state index contributed by atoms with van der Waals surface area (Å²) in [7, 11) is 1.59. The third-order valence-electron chi connectivity index (χ3n) is 4.21. The standard InChI is InChI=1S/C17H19N3O4S/c1-24-10-6-7-12-11(9-10)14-15(18-12)16(23)20(17(25)19-14)8-4-2-3-5-13(21)22/h6-7,9,18H,2-5,8H2,1H3,(H,19,25)(H,21,22). The number of hydrogen-bond acceptors (Lipinski definition) is 4. The Morgan fingerprint density at radius 3 is 2.76 bits per heavy atom. The molecule has 25 heavy (non-hydrogen) atoms. The molecule has 0 amide bonds. The van der Waals surface area contributed by atoms with E-state index in [1.54, 1.807) is 7.11 Å². The van der Waals surface area contributed by atoms with Crippen molar-refractivity contribution in [3.63, 3.8) is 0 Å². The number of nitrogens with one attached hydrogen (secondary N) is 2. The van der Waals surface area contributed by atoms with E-state index in [2.05, 4.69) is 9.97 Å². The minimum atomic E-state index is -0.801. The number of benzene rings is 1. The maximum atomic E-state index is 12.8. The van der Waals surface area contributed by atoms with Crippen molar-refractivity contribution in [2.45, 2.75) is 32.2 Å². The van der Waals surface area contributed by atoms with Crippen molar-refractivity contribution < 1.29 is 14.6 Å². The highest BCUT2D eigenvalue weighted by atomic mass is 32.1. The minimum Gasteiger partial charge on any atom is -0.497 e. The molecule has 0 radical (unpaired) electrons. The number of aliphatic carboxylic acids is 1. The molecule has 0 saturated heterocycles. The SMILES string of the molecule is COc1ccc2[nH]c3c(=O)n(CCCCCC(=O)O)c(=S)[nH]c3c2c1. The van der Waals surface area contributed by atoms with Crippen molar-refractivity contribution in [1.29, 1.82) is 0 Å². The van der Waals surface area contributed by atoms with E-state index in [0.717, 1.165) is 17.3 Å². The number of fused-ring (bicyclic) bond motifs is 3. The van der Waals surface area contributed by atoms with Crippen molar-refractivity contribution in [2.75, 3.05) is 7.11 Å². The Hall–Kier alpha value is -2.61. The van der Waals surface area contributed by atoms with Gasteiger partial charge in [0.05, 0.1) is 12.6 Å². The van der Waals surface area contributed by atoms with Crippen LogP contribution in [0.2, 0.25) is 0 Å². The fraction of sp³-hybridized carbons (Fsp3) is 0.353. The molecular formula is C17H19N3O4S. The van der Waals surface area contributed by atoms with Crippen molar-refractivity contribution in [3.8, 4) is 5.75 Å². The first kappa shape index (κ1) is 17.2. The van der Waals surface area contributed by atoms with Gasteiger partial charge in [0.25, 0.3) is 5.56 Å². The average Bonchev–Trinajstić information content (AvgIpc) is 2.94. The topological polar surface area (TPSA) is 100 Å². The number of H-pyrrole nitrogens is 2. The van der Waals surface area contributed by atoms with E-state index in [1.165, 1.54) is 4.57 Å². The van der Waals surface area contributed by atoms with E-state index < -0.39 is 5.97 Å². The Labute approximate surface area is 148 Å². The maximum Gasteiger partial charge on any atom is 0.303 e. The van der Waals surface area contributed by atoms with Crippen molar-refractivity contribution >= 4 is 40.1 Å². The lowest BCUT2D eigenvalue weighted by atomic mass is 10.2. The van der Waals surface area contributed by atoms with Crippen molar-refractivity contribution in [3.05, 3.63) is 33.3 Å². The molecule has 7 nitrogen and oxygen atoms in total. The Morgan fingerprint density at radius 2 is 2.04 bits per heavy atom. The molecule has 0 aliphatic heterocycles. The number of ether oxygens (including phenoxy) is 1. The number of hydrogen-bond donors (Lipinski definition) is 3. The lowest BCUT2D eigenvalue weighted by Crippen LogP contribution is -2.22. The number of nitrogens with zero attached hydrogens (tertiary/aromatic N) is 1. The fourth-order valence-corrected chi connectivity index (χ4v) is 3.19. The second kappa shape index (κ2) is 7.10. The molecule has 0 saturated carbocycles. The van der Waals surface area contributed by atoms with Gasteiger partial charge in [0.15, 0.2) is 4.77 Å². The van der Waals surface area contributed by atoms with Crippen LogP contribution in [0.5, 0.6) is 5.75 Å². The molecule has 132 valence electrons. The summed E-state index contributed by atoms with van der Waals surface area (Å²) >= 11 is 5.34. The van der Waals surface area contributed by atoms with E-state index in [0.29, 0.717) is 40.9 Å². The fourth-order valence-electron chi connectivity index (χ4n) is 2.92. The van der Waals surface area contributed by atoms with Crippen LogP contribution in [0.15, 0.2) is 23.0 Å². The summed E-state index contributed by atoms with van der Waals surface area (Å²) in [5.41, 5.74) is 1.80. The van der Waals surface area contributed by atoms with E-state index in [9.17, 15) is 9.59 Å². The Balaban J connectivity index is 1.93. The van der Waals surface area contributed by atoms with Gasteiger partial charge in [-0.05, 0) is 43.3 Å². The molecule has 0 spiro atoms. The lowest BCUT2D eigenvalue weighted by molar-refractivity contribution is -0.137. The first-order valence-electron chi connectivity index (χ1n) is 8.05. The molecule has 3 N–H and O–H groups in total. The summed E-state index contributed by atoms with van der Waals surface area (Å²) in [6.45, 7) is 0.461. The van der Waals surface area contributed by atoms with E-state index in [4.69, 9.17) is 22.1 Å². The van der Waals surface area contributed by atoms with Crippen LogP contribution in [0, 0.1) is 4.77 Å². The number of carboxylic acid groups (broad SMARTS) is 1. The molecule has 0 aliphatic rings. The Morgan fingerprint density at radius 1 is 1.24 bits per heavy atom. The number of carbonyl (C=O) groups is 1. The van der Waals surface area contributed by atoms with Crippen LogP contribution in [-0.4, -0.2) is 32.7 Å². The third-order valence-corrected chi connectivity index (χ3v) is 4.54. The van der Waals surface area contributed by atoms with Crippen molar-refractivity contribution in [2.24, 2.45) is 0 Å². The van der Waals surface area contributed by atoms with Crippen LogP contribution in [0.3, 0.4) is 0 Å². The smallest absolute Gasteiger partial charge is 0.303 e. The third kappa shape index (κ3) is 3.43. The molecule has 1 aromatic carbocycles. The molecule has 0 unspecified atom stereocenters. The van der Waals surface area contributed by atoms with Crippen LogP contribution in [0.4, 0.5) is 0 Å². The molecule has 3 aromatic rings. The first-order chi connectivity index (χ1) is 12.0. The zero-order valence-corrected chi connectivity index (χ0v) is 14.6. The zero-order chi connectivity index (χ0) is 18.0. The van der Waals surface area contributed by atoms with Gasteiger partial charge in [-0.1, -0.05) is 6.42 Å². The summed E-state index contributed by atoms with van der Waals surface area (Å²) in [5.74, 6) is -0.0975. The highest BCUT2D eigenvalue weighted by Gasteiger charge is 2.12. The molecular weight excluding hydrogens is 342 g/mol. The number of aromatic amines is 2. The summed E-state index contributed by atoms with van der Waals surface area (Å²) in [6, 6.07) is 5.54. The lowest BCUT2D eigenvalue weighted by Gasteiger charge is -2.06. The molecule has 0 aliphatic carbocycles. The van der Waals surface area contributed by atoms with Gasteiger partial charge >= 0.3 is 5.97 Å². The van der Waals surface area contributed by atoms with E-state index >= 15 is 0 Å². The monoisotopic (exact) mass is 361 g/mol. The summed E-state index contributed by atoms with van der Waals surface area (Å²) in [6.07, 6.45) is 2.17. The zero-order valence-electron chi connectivity index (χ0n) is 13.8. The molecule has 2 heterocycles. The predicted octanol–water partition coefficient (Wildman–Crippen LogP) is 3.19. The number of aromatic nitrogens is 3. The normalized spacial score (nSPS) is 11.2. The molecule has 0 fully saturated rings. The highest BCUT2D eigenvalue weighted by Crippen LogP contribution is 2.25. The van der Waals surface area contributed by atoms with E-state index in [1.807, 2.05) is 18.2 Å². The number of methoxy groups -OCH3 is 1. The summed E-state index contributed by atoms with van der Waals surface area (Å²) < 4.78 is 7.12. The number of carboxylic acids is 1. The molecule has 2 aromatic heterocycles. The second-order valence-electron chi connectivity index (χ2n) is 5.88. The van der Waals surface area contributed by atoms with Gasteiger partial charge in [-0.2, -0.15) is 0 Å². The number of rotatable bonds is 7. The highest BCUT2D eigenvalue weighted by molar-refractivity contribution is 7.71. The van der Waals surface area contributed by atoms with Gasteiger partial charge in [-0.15, -0.1) is 0 Å². The van der Waals surface area contributed by atoms with Gasteiger partial charge in [0.1, 0.15) is 11.3 Å². The van der Waals surface area contributed by atoms with Crippen LogP contribution in [-0.2, 0) is 11.3 Å². The predicted molar refractivity (Wildman–Crippen MR) is 97.9 cm³/mol. The van der Waals surface area contributed by atoms with Crippen molar-refractivity contribution in [1.82, 2.24) is 14.5 Å². The van der Waals surface area contributed by atoms with Crippen LogP contribution >= 0.6 is 12.2 Å². The quantitative estimate of drug-likeness (QED) is 0.443. The molecule has 3 rings (SSSR count). The molecule has 0 atom stereocenters. The Bertz CT molecular complexity index is 1050. The van der Waals surface area contributed by atoms with Crippen LogP contribution in [0.25, 0.3) is 21.9 Å². The van der Waals surface area contributed by atoms with E-state index in [-0.39, 0.29) is 12.0 Å². The van der Waals surface area contributed by atoms with Crippen LogP contribution in [0.1, 0.15) is 25.7 Å². The maximum absolute atomic E-state index is 12.8. The number of unbranched alkanes of at least 4 members (excludes halogenated alkanes) is 2. The Kier molecular flexibility index (Phi) is 4.89. The summed E-state index contributed by atoms with van der Waals surface area (Å²) in [4.78, 5) is 29.6.